The molecule has 0 spiro atoms. The first kappa shape index (κ1) is 18.8. The second kappa shape index (κ2) is 9.69. The fourth-order valence-electron chi connectivity index (χ4n) is 1.58. The molecule has 1 aromatic rings. The molecule has 0 bridgehead atoms. The van der Waals surface area contributed by atoms with Crippen LogP contribution in [0.4, 0.5) is 0 Å². The lowest BCUT2D eigenvalue weighted by Crippen LogP contribution is -2.43. The molecule has 2 amide bonds. The summed E-state index contributed by atoms with van der Waals surface area (Å²) in [6.07, 6.45) is 0.750. The van der Waals surface area contributed by atoms with E-state index in [1.807, 2.05) is 12.1 Å². The van der Waals surface area contributed by atoms with E-state index in [0.29, 0.717) is 11.5 Å². The second-order valence-corrected chi connectivity index (χ2v) is 4.82. The number of likely N-dealkylation sites (N-methyl/N-ethyl adjacent to an activating group) is 1. The third-order valence-electron chi connectivity index (χ3n) is 2.83. The van der Waals surface area contributed by atoms with E-state index in [1.54, 1.807) is 26.1 Å². The summed E-state index contributed by atoms with van der Waals surface area (Å²) in [5.41, 5.74) is 1.75. The van der Waals surface area contributed by atoms with Crippen molar-refractivity contribution >= 4 is 18.1 Å². The molecule has 1 aromatic carbocycles. The number of nitrogens with one attached hydrogen (secondary N) is 2. The van der Waals surface area contributed by atoms with Crippen LogP contribution in [-0.2, 0) is 9.59 Å². The predicted molar refractivity (Wildman–Crippen MR) is 83.3 cm³/mol. The van der Waals surface area contributed by atoms with Gasteiger partial charge in [0.25, 0.3) is 5.91 Å². The maximum atomic E-state index is 11.9. The lowest BCUT2D eigenvalue weighted by molar-refractivity contribution is -0.122. The van der Waals surface area contributed by atoms with Crippen molar-refractivity contribution in [1.29, 1.82) is 0 Å². The van der Waals surface area contributed by atoms with Crippen molar-refractivity contribution in [1.82, 2.24) is 10.6 Å². The van der Waals surface area contributed by atoms with E-state index < -0.39 is 6.04 Å². The van der Waals surface area contributed by atoms with E-state index in [9.17, 15) is 9.59 Å². The van der Waals surface area contributed by atoms with Crippen LogP contribution < -0.4 is 10.6 Å². The molecule has 21 heavy (non-hydrogen) atoms. The Morgan fingerprint density at radius 1 is 1.10 bits per heavy atom. The van der Waals surface area contributed by atoms with Gasteiger partial charge in [-0.1, -0.05) is 26.0 Å². The van der Waals surface area contributed by atoms with E-state index in [4.69, 9.17) is 4.79 Å². The molecule has 0 aliphatic rings. The van der Waals surface area contributed by atoms with Gasteiger partial charge in [0.1, 0.15) is 12.3 Å². The third kappa shape index (κ3) is 6.70. The van der Waals surface area contributed by atoms with Crippen LogP contribution in [0.15, 0.2) is 24.3 Å². The zero-order chi connectivity index (χ0) is 16.4. The van der Waals surface area contributed by atoms with Crippen LogP contribution in [0.1, 0.15) is 49.5 Å². The van der Waals surface area contributed by atoms with Gasteiger partial charge in [0, 0.05) is 12.6 Å². The average molecular weight is 292 g/mol. The molecule has 2 N–H and O–H groups in total. The van der Waals surface area contributed by atoms with Crippen molar-refractivity contribution in [3.05, 3.63) is 35.4 Å². The average Bonchev–Trinajstić information content (AvgIpc) is 2.47. The highest BCUT2D eigenvalue weighted by Gasteiger charge is 2.15. The summed E-state index contributed by atoms with van der Waals surface area (Å²) in [4.78, 5) is 32.0. The minimum absolute atomic E-state index is 0.206. The fourth-order valence-corrected chi connectivity index (χ4v) is 1.58. The van der Waals surface area contributed by atoms with Crippen molar-refractivity contribution in [2.75, 3.05) is 7.05 Å². The van der Waals surface area contributed by atoms with Gasteiger partial charge < -0.3 is 15.4 Å². The largest absolute Gasteiger partial charge is 0.357 e. The maximum absolute atomic E-state index is 11.9. The van der Waals surface area contributed by atoms with Crippen LogP contribution in [0.25, 0.3) is 0 Å². The molecule has 0 aliphatic heterocycles. The number of carbonyl (C=O) groups is 3. The second-order valence-electron chi connectivity index (χ2n) is 4.82. The molecular weight excluding hydrogens is 268 g/mol. The molecule has 0 aromatic heterocycles. The summed E-state index contributed by atoms with van der Waals surface area (Å²) in [6.45, 7) is 7.30. The Hall–Kier alpha value is -2.17. The number of rotatable bonds is 4. The molecule has 1 atom stereocenters. The Labute approximate surface area is 126 Å². The summed E-state index contributed by atoms with van der Waals surface area (Å²) < 4.78 is 0. The maximum Gasteiger partial charge on any atom is 0.251 e. The molecule has 5 heteroatoms. The molecule has 0 saturated heterocycles. The Morgan fingerprint density at radius 2 is 1.57 bits per heavy atom. The van der Waals surface area contributed by atoms with Gasteiger partial charge in [-0.3, -0.25) is 9.59 Å². The minimum atomic E-state index is -0.535. The lowest BCUT2D eigenvalue weighted by Gasteiger charge is -2.12. The van der Waals surface area contributed by atoms with E-state index in [-0.39, 0.29) is 11.8 Å². The van der Waals surface area contributed by atoms with Gasteiger partial charge in [0.15, 0.2) is 0 Å². The van der Waals surface area contributed by atoms with Gasteiger partial charge in [-0.25, -0.2) is 0 Å². The number of amides is 2. The topological polar surface area (TPSA) is 75.3 Å². The highest BCUT2D eigenvalue weighted by molar-refractivity contribution is 5.97. The first-order chi connectivity index (χ1) is 9.87. The highest BCUT2D eigenvalue weighted by atomic mass is 16.2. The third-order valence-corrected chi connectivity index (χ3v) is 2.83. The Balaban J connectivity index is 0.00000122. The van der Waals surface area contributed by atoms with Crippen molar-refractivity contribution in [3.63, 3.8) is 0 Å². The molecule has 0 heterocycles. The van der Waals surface area contributed by atoms with Crippen LogP contribution in [0, 0.1) is 0 Å². The fraction of sp³-hybridized carbons (Fsp3) is 0.438. The SMILES string of the molecule is CC=O.CNC(=O)C(C)NC(=O)c1ccc(C(C)C)cc1. The summed E-state index contributed by atoms with van der Waals surface area (Å²) in [5.74, 6) is -0.00420. The van der Waals surface area contributed by atoms with Crippen LogP contribution >= 0.6 is 0 Å². The number of benzene rings is 1. The summed E-state index contributed by atoms with van der Waals surface area (Å²) in [7, 11) is 1.54. The van der Waals surface area contributed by atoms with Crippen LogP contribution in [0.5, 0.6) is 0 Å². The van der Waals surface area contributed by atoms with Gasteiger partial charge in [0.05, 0.1) is 0 Å². The van der Waals surface area contributed by atoms with Crippen LogP contribution in [0.2, 0.25) is 0 Å². The molecule has 116 valence electrons. The smallest absolute Gasteiger partial charge is 0.251 e. The van der Waals surface area contributed by atoms with E-state index in [2.05, 4.69) is 24.5 Å². The number of hydrogen-bond acceptors (Lipinski definition) is 3. The molecule has 0 fully saturated rings. The van der Waals surface area contributed by atoms with Crippen molar-refractivity contribution in [2.45, 2.75) is 39.7 Å². The normalized spacial score (nSPS) is 11.0. The Bertz CT molecular complexity index is 467. The summed E-state index contributed by atoms with van der Waals surface area (Å²) in [6, 6.07) is 6.89. The van der Waals surface area contributed by atoms with Gasteiger partial charge in [-0.15, -0.1) is 0 Å². The number of hydrogen-bond donors (Lipinski definition) is 2. The molecular formula is C16H24N2O3. The monoisotopic (exact) mass is 292 g/mol. The zero-order valence-corrected chi connectivity index (χ0v) is 13.3. The van der Waals surface area contributed by atoms with Crippen molar-refractivity contribution < 1.29 is 14.4 Å². The van der Waals surface area contributed by atoms with E-state index >= 15 is 0 Å². The predicted octanol–water partition coefficient (Wildman–Crippen LogP) is 1.88. The standard InChI is InChI=1S/C14H20N2O2.C2H4O/c1-9(2)11-5-7-12(8-6-11)14(18)16-10(3)13(17)15-4;1-2-3/h5-10H,1-4H3,(H,15,17)(H,16,18);2H,1H3. The van der Waals surface area contributed by atoms with Crippen LogP contribution in [-0.4, -0.2) is 31.2 Å². The Kier molecular flexibility index (Phi) is 8.69. The van der Waals surface area contributed by atoms with Gasteiger partial charge in [-0.2, -0.15) is 0 Å². The lowest BCUT2D eigenvalue weighted by atomic mass is 10.0. The number of aldehydes is 1. The Morgan fingerprint density at radius 3 is 1.95 bits per heavy atom. The first-order valence-corrected chi connectivity index (χ1v) is 6.89. The van der Waals surface area contributed by atoms with E-state index in [0.717, 1.165) is 6.29 Å². The molecule has 1 unspecified atom stereocenters. The van der Waals surface area contributed by atoms with Gasteiger partial charge in [-0.05, 0) is 37.5 Å². The van der Waals surface area contributed by atoms with E-state index in [1.165, 1.54) is 12.5 Å². The summed E-state index contributed by atoms with van der Waals surface area (Å²) in [5, 5.41) is 5.14. The molecule has 5 nitrogen and oxygen atoms in total. The molecule has 1 rings (SSSR count). The van der Waals surface area contributed by atoms with Gasteiger partial charge in [0.2, 0.25) is 5.91 Å². The molecule has 0 aliphatic carbocycles. The minimum Gasteiger partial charge on any atom is -0.357 e. The number of carbonyl (C=O) groups excluding carboxylic acids is 3. The quantitative estimate of drug-likeness (QED) is 0.832. The molecule has 0 radical (unpaired) electrons. The van der Waals surface area contributed by atoms with Crippen LogP contribution in [0.3, 0.4) is 0 Å². The van der Waals surface area contributed by atoms with Crippen molar-refractivity contribution in [2.24, 2.45) is 0 Å². The highest BCUT2D eigenvalue weighted by Crippen LogP contribution is 2.14. The van der Waals surface area contributed by atoms with Crippen molar-refractivity contribution in [3.8, 4) is 0 Å². The first-order valence-electron chi connectivity index (χ1n) is 6.89. The summed E-state index contributed by atoms with van der Waals surface area (Å²) >= 11 is 0. The molecule has 0 saturated carbocycles. The zero-order valence-electron chi connectivity index (χ0n) is 13.3. The van der Waals surface area contributed by atoms with Gasteiger partial charge >= 0.3 is 0 Å².